The fourth-order valence-corrected chi connectivity index (χ4v) is 3.18. The lowest BCUT2D eigenvalue weighted by Crippen LogP contribution is -2.44. The molecule has 1 saturated heterocycles. The number of rotatable bonds is 5. The van der Waals surface area contributed by atoms with E-state index in [0.717, 1.165) is 25.2 Å². The average Bonchev–Trinajstić information content (AvgIpc) is 2.60. The molecule has 3 rings (SSSR count). The summed E-state index contributed by atoms with van der Waals surface area (Å²) in [6.07, 6.45) is 0.518. The van der Waals surface area contributed by atoms with Gasteiger partial charge in [-0.05, 0) is 31.0 Å². The van der Waals surface area contributed by atoms with Crippen LogP contribution in [0, 0.1) is 0 Å². The largest absolute Gasteiger partial charge is 0.373 e. The highest BCUT2D eigenvalue weighted by Crippen LogP contribution is 2.14. The first kappa shape index (κ1) is 18.3. The van der Waals surface area contributed by atoms with Gasteiger partial charge in [0.05, 0.1) is 12.2 Å². The van der Waals surface area contributed by atoms with Gasteiger partial charge in [-0.25, -0.2) is 5.10 Å². The van der Waals surface area contributed by atoms with Crippen LogP contribution >= 0.6 is 0 Å². The molecule has 1 aromatic heterocycles. The molecule has 0 saturated carbocycles. The fourth-order valence-electron chi connectivity index (χ4n) is 3.18. The maximum absolute atomic E-state index is 12.0. The van der Waals surface area contributed by atoms with E-state index in [0.29, 0.717) is 6.54 Å². The lowest BCUT2D eigenvalue weighted by atomic mass is 10.1. The normalized spacial score (nSPS) is 20.7. The molecule has 26 heavy (non-hydrogen) atoms. The van der Waals surface area contributed by atoms with E-state index >= 15 is 0 Å². The second kappa shape index (κ2) is 8.25. The molecule has 2 aromatic rings. The van der Waals surface area contributed by atoms with Gasteiger partial charge in [0, 0.05) is 32.2 Å². The standard InChI is InChI=1S/C19H24N4O3/c1-13-10-23(11-14(2)26-13)12-16-5-3-15(4-6-16)9-20-19(25)17-7-8-18(24)22-21-17/h3-8,13-14H,9-12H2,1-2H3,(H,20,25)(H,22,24)/t13-,14+. The van der Waals surface area contributed by atoms with Crippen molar-refractivity contribution in [3.63, 3.8) is 0 Å². The van der Waals surface area contributed by atoms with Crippen LogP contribution in [0.1, 0.15) is 35.5 Å². The van der Waals surface area contributed by atoms with E-state index in [1.165, 1.54) is 17.7 Å². The Labute approximate surface area is 152 Å². The maximum atomic E-state index is 12.0. The van der Waals surface area contributed by atoms with Gasteiger partial charge in [-0.2, -0.15) is 5.10 Å². The van der Waals surface area contributed by atoms with Crippen LogP contribution in [0.5, 0.6) is 0 Å². The Morgan fingerprint density at radius 2 is 1.81 bits per heavy atom. The Morgan fingerprint density at radius 1 is 1.15 bits per heavy atom. The number of carbonyl (C=O) groups is 1. The van der Waals surface area contributed by atoms with Crippen molar-refractivity contribution in [2.75, 3.05) is 13.1 Å². The van der Waals surface area contributed by atoms with Crippen LogP contribution in [0.2, 0.25) is 0 Å². The second-order valence-electron chi connectivity index (χ2n) is 6.76. The first-order valence-electron chi connectivity index (χ1n) is 8.79. The zero-order valence-corrected chi connectivity index (χ0v) is 15.1. The predicted molar refractivity (Wildman–Crippen MR) is 97.8 cm³/mol. The number of hydrogen-bond donors (Lipinski definition) is 2. The van der Waals surface area contributed by atoms with Crippen LogP contribution in [0.3, 0.4) is 0 Å². The number of nitrogens with one attached hydrogen (secondary N) is 2. The third-order valence-electron chi connectivity index (χ3n) is 4.29. The number of carbonyl (C=O) groups excluding carboxylic acids is 1. The maximum Gasteiger partial charge on any atom is 0.271 e. The van der Waals surface area contributed by atoms with E-state index in [9.17, 15) is 9.59 Å². The van der Waals surface area contributed by atoms with Crippen LogP contribution in [0.15, 0.2) is 41.2 Å². The zero-order chi connectivity index (χ0) is 18.5. The number of nitrogens with zero attached hydrogens (tertiary/aromatic N) is 2. The third kappa shape index (κ3) is 5.00. The quantitative estimate of drug-likeness (QED) is 0.843. The van der Waals surface area contributed by atoms with Crippen molar-refractivity contribution in [1.82, 2.24) is 20.4 Å². The van der Waals surface area contributed by atoms with Crippen LogP contribution in [-0.4, -0.2) is 46.3 Å². The van der Waals surface area contributed by atoms with Gasteiger partial charge in [0.15, 0.2) is 0 Å². The van der Waals surface area contributed by atoms with Gasteiger partial charge in [0.1, 0.15) is 5.69 Å². The molecule has 0 radical (unpaired) electrons. The number of morpholine rings is 1. The summed E-state index contributed by atoms with van der Waals surface area (Å²) in [6, 6.07) is 10.9. The van der Waals surface area contributed by atoms with Crippen LogP contribution < -0.4 is 10.9 Å². The van der Waals surface area contributed by atoms with Gasteiger partial charge in [-0.3, -0.25) is 14.5 Å². The highest BCUT2D eigenvalue weighted by molar-refractivity contribution is 5.91. The molecule has 7 heteroatoms. The predicted octanol–water partition coefficient (Wildman–Crippen LogP) is 1.31. The average molecular weight is 356 g/mol. The van der Waals surface area contributed by atoms with Crippen molar-refractivity contribution in [1.29, 1.82) is 0 Å². The van der Waals surface area contributed by atoms with Crippen molar-refractivity contribution >= 4 is 5.91 Å². The lowest BCUT2D eigenvalue weighted by molar-refractivity contribution is -0.0704. The monoisotopic (exact) mass is 356 g/mol. The summed E-state index contributed by atoms with van der Waals surface area (Å²) < 4.78 is 5.76. The Bertz CT molecular complexity index is 773. The Morgan fingerprint density at radius 3 is 2.42 bits per heavy atom. The van der Waals surface area contributed by atoms with Gasteiger partial charge in [0.25, 0.3) is 11.5 Å². The Balaban J connectivity index is 1.52. The zero-order valence-electron chi connectivity index (χ0n) is 15.1. The van der Waals surface area contributed by atoms with E-state index in [-0.39, 0.29) is 29.4 Å². The fraction of sp³-hybridized carbons (Fsp3) is 0.421. The summed E-state index contributed by atoms with van der Waals surface area (Å²) >= 11 is 0. The molecule has 2 heterocycles. The second-order valence-corrected chi connectivity index (χ2v) is 6.76. The number of aromatic nitrogens is 2. The van der Waals surface area contributed by atoms with Crippen molar-refractivity contribution in [2.45, 2.75) is 39.1 Å². The molecule has 0 bridgehead atoms. The molecule has 0 unspecified atom stereocenters. The minimum absolute atomic E-state index is 0.191. The van der Waals surface area contributed by atoms with Crippen LogP contribution in [0.4, 0.5) is 0 Å². The summed E-state index contributed by atoms with van der Waals surface area (Å²) in [5.74, 6) is -0.318. The van der Waals surface area contributed by atoms with Crippen LogP contribution in [0.25, 0.3) is 0 Å². The van der Waals surface area contributed by atoms with Crippen molar-refractivity contribution < 1.29 is 9.53 Å². The van der Waals surface area contributed by atoms with Gasteiger partial charge in [-0.15, -0.1) is 0 Å². The molecule has 1 fully saturated rings. The molecule has 138 valence electrons. The molecule has 1 aliphatic rings. The molecule has 1 aliphatic heterocycles. The van der Waals surface area contributed by atoms with Gasteiger partial charge in [-0.1, -0.05) is 24.3 Å². The lowest BCUT2D eigenvalue weighted by Gasteiger charge is -2.35. The van der Waals surface area contributed by atoms with Crippen molar-refractivity contribution in [3.05, 3.63) is 63.6 Å². The van der Waals surface area contributed by atoms with Gasteiger partial charge < -0.3 is 10.1 Å². The van der Waals surface area contributed by atoms with E-state index in [2.05, 4.69) is 46.4 Å². The minimum Gasteiger partial charge on any atom is -0.373 e. The third-order valence-corrected chi connectivity index (χ3v) is 4.29. The number of H-pyrrole nitrogens is 1. The molecule has 0 spiro atoms. The Hall–Kier alpha value is -2.51. The first-order valence-corrected chi connectivity index (χ1v) is 8.79. The van der Waals surface area contributed by atoms with E-state index in [1.807, 2.05) is 12.1 Å². The van der Waals surface area contributed by atoms with E-state index in [1.54, 1.807) is 0 Å². The highest BCUT2D eigenvalue weighted by atomic mass is 16.5. The molecular weight excluding hydrogens is 332 g/mol. The van der Waals surface area contributed by atoms with Gasteiger partial charge in [0.2, 0.25) is 0 Å². The number of amides is 1. The smallest absolute Gasteiger partial charge is 0.271 e. The van der Waals surface area contributed by atoms with E-state index < -0.39 is 0 Å². The number of hydrogen-bond acceptors (Lipinski definition) is 5. The van der Waals surface area contributed by atoms with Gasteiger partial charge >= 0.3 is 0 Å². The highest BCUT2D eigenvalue weighted by Gasteiger charge is 2.21. The molecule has 7 nitrogen and oxygen atoms in total. The number of benzene rings is 1. The SMILES string of the molecule is C[C@@H]1CN(Cc2ccc(CNC(=O)c3ccc(=O)[nH]n3)cc2)C[C@H](C)O1. The molecule has 2 atom stereocenters. The topological polar surface area (TPSA) is 87.3 Å². The molecule has 2 N–H and O–H groups in total. The van der Waals surface area contributed by atoms with Crippen molar-refractivity contribution in [2.24, 2.45) is 0 Å². The summed E-state index contributed by atoms with van der Waals surface area (Å²) in [6.45, 7) is 7.39. The first-order chi connectivity index (χ1) is 12.5. The molecule has 1 amide bonds. The molecule has 0 aliphatic carbocycles. The van der Waals surface area contributed by atoms with Crippen molar-refractivity contribution in [3.8, 4) is 0 Å². The summed E-state index contributed by atoms with van der Waals surface area (Å²) in [5, 5.41) is 8.76. The summed E-state index contributed by atoms with van der Waals surface area (Å²) in [4.78, 5) is 25.4. The van der Waals surface area contributed by atoms with E-state index in [4.69, 9.17) is 4.74 Å². The number of aromatic amines is 1. The molecular formula is C19H24N4O3. The molecule has 1 aromatic carbocycles. The summed E-state index contributed by atoms with van der Waals surface area (Å²) in [7, 11) is 0. The minimum atomic E-state index is -0.332. The summed E-state index contributed by atoms with van der Waals surface area (Å²) in [5.41, 5.74) is 2.11. The number of ether oxygens (including phenoxy) is 1. The van der Waals surface area contributed by atoms with Crippen LogP contribution in [-0.2, 0) is 17.8 Å². The Kier molecular flexibility index (Phi) is 5.80.